The monoisotopic (exact) mass is 280 g/mol. The van der Waals surface area contributed by atoms with Gasteiger partial charge >= 0.3 is 5.97 Å². The first-order valence-electron chi connectivity index (χ1n) is 6.15. The van der Waals surface area contributed by atoms with Crippen LogP contribution in [0.3, 0.4) is 0 Å². The van der Waals surface area contributed by atoms with E-state index in [1.807, 2.05) is 19.1 Å². The number of aryl methyl sites for hydroxylation is 1. The van der Waals surface area contributed by atoms with Gasteiger partial charge in [-0.3, -0.25) is 4.79 Å². The third-order valence-electron chi connectivity index (χ3n) is 3.12. The molecule has 0 radical (unpaired) electrons. The second-order valence-electron chi connectivity index (χ2n) is 4.64. The SMILES string of the molecule is Cc1nc([C@@H](C)NC(=O)C2CC=CC2)sc1C(=O)O. The summed E-state index contributed by atoms with van der Waals surface area (Å²) in [5.41, 5.74) is 0.496. The number of carbonyl (C=O) groups excluding carboxylic acids is 1. The molecule has 0 saturated heterocycles. The summed E-state index contributed by atoms with van der Waals surface area (Å²) in [4.78, 5) is 27.4. The minimum absolute atomic E-state index is 0.00206. The van der Waals surface area contributed by atoms with Crippen LogP contribution in [0.25, 0.3) is 0 Å². The second-order valence-corrected chi connectivity index (χ2v) is 5.67. The predicted octanol–water partition coefficient (Wildman–Crippen LogP) is 2.29. The molecule has 1 amide bonds. The van der Waals surface area contributed by atoms with E-state index in [0.29, 0.717) is 10.7 Å². The number of carboxylic acids is 1. The second kappa shape index (κ2) is 5.52. The molecule has 19 heavy (non-hydrogen) atoms. The Hall–Kier alpha value is -1.69. The van der Waals surface area contributed by atoms with E-state index in [2.05, 4.69) is 10.3 Å². The highest BCUT2D eigenvalue weighted by molar-refractivity contribution is 7.13. The molecule has 0 unspecified atom stereocenters. The van der Waals surface area contributed by atoms with Crippen LogP contribution in [0.5, 0.6) is 0 Å². The molecule has 0 aromatic carbocycles. The first-order chi connectivity index (χ1) is 8.99. The van der Waals surface area contributed by atoms with Gasteiger partial charge < -0.3 is 10.4 Å². The molecular formula is C13H16N2O3S. The number of aromatic carboxylic acids is 1. The first kappa shape index (κ1) is 13.7. The molecule has 1 aromatic heterocycles. The lowest BCUT2D eigenvalue weighted by atomic mass is 10.1. The summed E-state index contributed by atoms with van der Waals surface area (Å²) in [6, 6.07) is -0.259. The van der Waals surface area contributed by atoms with Gasteiger partial charge in [0.2, 0.25) is 5.91 Å². The van der Waals surface area contributed by atoms with Crippen molar-refractivity contribution in [3.8, 4) is 0 Å². The number of thiazole rings is 1. The number of hydrogen-bond donors (Lipinski definition) is 2. The minimum atomic E-state index is -0.972. The molecule has 1 heterocycles. The Balaban J connectivity index is 2.03. The molecule has 6 heteroatoms. The third-order valence-corrected chi connectivity index (χ3v) is 4.44. The molecule has 2 rings (SSSR count). The van der Waals surface area contributed by atoms with Gasteiger partial charge in [0, 0.05) is 5.92 Å². The van der Waals surface area contributed by atoms with Gasteiger partial charge in [-0.15, -0.1) is 11.3 Å². The number of nitrogens with one attached hydrogen (secondary N) is 1. The van der Waals surface area contributed by atoms with E-state index in [4.69, 9.17) is 5.11 Å². The molecule has 2 N–H and O–H groups in total. The van der Waals surface area contributed by atoms with Crippen LogP contribution in [0.4, 0.5) is 0 Å². The van der Waals surface area contributed by atoms with Crippen molar-refractivity contribution in [1.82, 2.24) is 10.3 Å². The highest BCUT2D eigenvalue weighted by Crippen LogP contribution is 2.25. The summed E-state index contributed by atoms with van der Waals surface area (Å²) in [7, 11) is 0. The van der Waals surface area contributed by atoms with Crippen molar-refractivity contribution in [2.24, 2.45) is 5.92 Å². The third kappa shape index (κ3) is 3.01. The molecule has 1 aliphatic carbocycles. The Kier molecular flexibility index (Phi) is 3.99. The largest absolute Gasteiger partial charge is 0.477 e. The number of nitrogens with zero attached hydrogens (tertiary/aromatic N) is 1. The van der Waals surface area contributed by atoms with Crippen LogP contribution in [0, 0.1) is 12.8 Å². The number of hydrogen-bond acceptors (Lipinski definition) is 4. The van der Waals surface area contributed by atoms with E-state index in [9.17, 15) is 9.59 Å². The van der Waals surface area contributed by atoms with Crippen molar-refractivity contribution < 1.29 is 14.7 Å². The Bertz CT molecular complexity index is 528. The van der Waals surface area contributed by atoms with Crippen molar-refractivity contribution in [3.05, 3.63) is 27.7 Å². The molecule has 0 bridgehead atoms. The van der Waals surface area contributed by atoms with Gasteiger partial charge in [0.25, 0.3) is 0 Å². The zero-order chi connectivity index (χ0) is 14.0. The Morgan fingerprint density at radius 1 is 1.47 bits per heavy atom. The molecule has 0 aliphatic heterocycles. The number of rotatable bonds is 4. The lowest BCUT2D eigenvalue weighted by Crippen LogP contribution is -2.31. The zero-order valence-corrected chi connectivity index (χ0v) is 11.7. The standard InChI is InChI=1S/C13H16N2O3S/c1-7-10(13(17)18)19-12(15-7)8(2)14-11(16)9-5-3-4-6-9/h3-4,8-9H,5-6H2,1-2H3,(H,14,16)(H,17,18)/t8-/m1/s1. The number of aromatic nitrogens is 1. The fraction of sp³-hybridized carbons (Fsp3) is 0.462. The van der Waals surface area contributed by atoms with Crippen molar-refractivity contribution in [2.75, 3.05) is 0 Å². The normalized spacial score (nSPS) is 16.5. The molecular weight excluding hydrogens is 264 g/mol. The molecule has 102 valence electrons. The highest BCUT2D eigenvalue weighted by Gasteiger charge is 2.23. The van der Waals surface area contributed by atoms with Crippen molar-refractivity contribution in [1.29, 1.82) is 0 Å². The summed E-state index contributed by atoms with van der Waals surface area (Å²) < 4.78 is 0. The van der Waals surface area contributed by atoms with Gasteiger partial charge in [0.05, 0.1) is 11.7 Å². The smallest absolute Gasteiger partial charge is 0.347 e. The maximum absolute atomic E-state index is 12.0. The van der Waals surface area contributed by atoms with Gasteiger partial charge in [0.1, 0.15) is 9.88 Å². The van der Waals surface area contributed by atoms with E-state index in [-0.39, 0.29) is 22.7 Å². The maximum atomic E-state index is 12.0. The van der Waals surface area contributed by atoms with Gasteiger partial charge in [-0.05, 0) is 26.7 Å². The summed E-state index contributed by atoms with van der Waals surface area (Å²) >= 11 is 1.12. The first-order valence-corrected chi connectivity index (χ1v) is 6.96. The topological polar surface area (TPSA) is 79.3 Å². The van der Waals surface area contributed by atoms with E-state index < -0.39 is 5.97 Å². The Morgan fingerprint density at radius 2 is 2.11 bits per heavy atom. The summed E-state index contributed by atoms with van der Waals surface area (Å²) in [5, 5.41) is 12.5. The molecule has 0 saturated carbocycles. The molecule has 0 spiro atoms. The lowest BCUT2D eigenvalue weighted by Gasteiger charge is -2.14. The van der Waals surface area contributed by atoms with Crippen LogP contribution >= 0.6 is 11.3 Å². The van der Waals surface area contributed by atoms with Gasteiger partial charge in [-0.1, -0.05) is 12.2 Å². The van der Waals surface area contributed by atoms with Crippen LogP contribution < -0.4 is 5.32 Å². The van der Waals surface area contributed by atoms with Gasteiger partial charge in [0.15, 0.2) is 0 Å². The number of allylic oxidation sites excluding steroid dienone is 2. The zero-order valence-electron chi connectivity index (χ0n) is 10.8. The fourth-order valence-electron chi connectivity index (χ4n) is 2.03. The quantitative estimate of drug-likeness (QED) is 0.829. The van der Waals surface area contributed by atoms with Crippen molar-refractivity contribution >= 4 is 23.2 Å². The maximum Gasteiger partial charge on any atom is 0.347 e. The Labute approximate surface area is 115 Å². The van der Waals surface area contributed by atoms with E-state index in [1.165, 1.54) is 0 Å². The summed E-state index contributed by atoms with van der Waals surface area (Å²) in [5.74, 6) is -0.968. The molecule has 5 nitrogen and oxygen atoms in total. The van der Waals surface area contributed by atoms with Crippen molar-refractivity contribution in [3.63, 3.8) is 0 Å². The molecule has 1 atom stereocenters. The number of carboxylic acid groups (broad SMARTS) is 1. The van der Waals surface area contributed by atoms with Crippen LogP contribution in [-0.2, 0) is 4.79 Å². The summed E-state index contributed by atoms with van der Waals surface area (Å²) in [6.45, 7) is 3.49. The Morgan fingerprint density at radius 3 is 2.63 bits per heavy atom. The van der Waals surface area contributed by atoms with E-state index in [1.54, 1.807) is 6.92 Å². The number of amides is 1. The van der Waals surface area contributed by atoms with E-state index in [0.717, 1.165) is 24.2 Å². The van der Waals surface area contributed by atoms with Crippen LogP contribution in [-0.4, -0.2) is 22.0 Å². The van der Waals surface area contributed by atoms with Gasteiger partial charge in [-0.25, -0.2) is 9.78 Å². The van der Waals surface area contributed by atoms with E-state index >= 15 is 0 Å². The average Bonchev–Trinajstić information content (AvgIpc) is 2.96. The molecule has 0 fully saturated rings. The average molecular weight is 280 g/mol. The fourth-order valence-corrected chi connectivity index (χ4v) is 2.93. The lowest BCUT2D eigenvalue weighted by molar-refractivity contribution is -0.125. The van der Waals surface area contributed by atoms with Crippen LogP contribution in [0.1, 0.15) is 46.2 Å². The van der Waals surface area contributed by atoms with Crippen LogP contribution in [0.15, 0.2) is 12.2 Å². The van der Waals surface area contributed by atoms with Gasteiger partial charge in [-0.2, -0.15) is 0 Å². The minimum Gasteiger partial charge on any atom is -0.477 e. The molecule has 1 aliphatic rings. The van der Waals surface area contributed by atoms with Crippen molar-refractivity contribution in [2.45, 2.75) is 32.7 Å². The highest BCUT2D eigenvalue weighted by atomic mass is 32.1. The van der Waals surface area contributed by atoms with Crippen LogP contribution in [0.2, 0.25) is 0 Å². The predicted molar refractivity (Wildman–Crippen MR) is 72.2 cm³/mol. The molecule has 1 aromatic rings. The number of carbonyl (C=O) groups is 2. The summed E-state index contributed by atoms with van der Waals surface area (Å²) in [6.07, 6.45) is 5.56.